The van der Waals surface area contributed by atoms with Crippen molar-refractivity contribution < 1.29 is 22.0 Å². The first-order valence-electron chi connectivity index (χ1n) is 6.32. The highest BCUT2D eigenvalue weighted by atomic mass is 19.4. The third-order valence-electron chi connectivity index (χ3n) is 3.26. The molecule has 23 heavy (non-hydrogen) atoms. The van der Waals surface area contributed by atoms with Crippen LogP contribution in [-0.4, -0.2) is 9.97 Å². The van der Waals surface area contributed by atoms with Gasteiger partial charge in [-0.05, 0) is 24.3 Å². The summed E-state index contributed by atoms with van der Waals surface area (Å²) in [6.45, 7) is 0. The summed E-state index contributed by atoms with van der Waals surface area (Å²) in [5.41, 5.74) is -2.44. The second-order valence-corrected chi connectivity index (χ2v) is 4.76. The molecule has 0 saturated carbocycles. The average Bonchev–Trinajstić information content (AvgIpc) is 2.46. The number of nitrogens with one attached hydrogen (secondary N) is 1. The zero-order valence-corrected chi connectivity index (χ0v) is 11.2. The molecule has 0 saturated heterocycles. The highest BCUT2D eigenvalue weighted by molar-refractivity contribution is 5.85. The van der Waals surface area contributed by atoms with E-state index in [1.54, 1.807) is 0 Å². The summed E-state index contributed by atoms with van der Waals surface area (Å²) in [5, 5.41) is -0.0669. The van der Waals surface area contributed by atoms with E-state index in [-0.39, 0.29) is 16.6 Å². The largest absolute Gasteiger partial charge is 0.417 e. The van der Waals surface area contributed by atoms with Crippen LogP contribution < -0.4 is 5.56 Å². The molecule has 1 aromatic carbocycles. The zero-order chi connectivity index (χ0) is 16.8. The zero-order valence-electron chi connectivity index (χ0n) is 11.2. The number of alkyl halides is 3. The molecule has 0 fully saturated rings. The Balaban J connectivity index is 2.20. The first kappa shape index (κ1) is 15.1. The Labute approximate surface area is 125 Å². The fourth-order valence-corrected chi connectivity index (χ4v) is 2.18. The maximum absolute atomic E-state index is 14.5. The smallest absolute Gasteiger partial charge is 0.322 e. The summed E-state index contributed by atoms with van der Waals surface area (Å²) in [5.74, 6) is -2.05. The molecule has 2 aromatic heterocycles. The lowest BCUT2D eigenvalue weighted by Crippen LogP contribution is -2.06. The molecular formula is C15H7F5N2O. The van der Waals surface area contributed by atoms with Gasteiger partial charge in [-0.2, -0.15) is 13.2 Å². The van der Waals surface area contributed by atoms with Crippen LogP contribution in [-0.2, 0) is 6.18 Å². The van der Waals surface area contributed by atoms with Gasteiger partial charge in [0.25, 0.3) is 0 Å². The molecule has 0 unspecified atom stereocenters. The lowest BCUT2D eigenvalue weighted by Gasteiger charge is -2.10. The molecule has 3 nitrogen and oxygen atoms in total. The number of hydrogen-bond acceptors (Lipinski definition) is 2. The third-order valence-corrected chi connectivity index (χ3v) is 3.26. The second kappa shape index (κ2) is 5.15. The van der Waals surface area contributed by atoms with Crippen molar-refractivity contribution >= 4 is 10.9 Å². The molecule has 0 amide bonds. The van der Waals surface area contributed by atoms with Crippen molar-refractivity contribution in [2.24, 2.45) is 0 Å². The fraction of sp³-hybridized carbons (Fsp3) is 0.0667. The van der Waals surface area contributed by atoms with E-state index in [0.717, 1.165) is 24.3 Å². The van der Waals surface area contributed by atoms with Gasteiger partial charge in [0.05, 0.1) is 22.3 Å². The van der Waals surface area contributed by atoms with Gasteiger partial charge in [-0.25, -0.2) is 8.78 Å². The van der Waals surface area contributed by atoms with Crippen molar-refractivity contribution in [1.82, 2.24) is 9.97 Å². The first-order chi connectivity index (χ1) is 10.8. The van der Waals surface area contributed by atoms with Crippen LogP contribution in [0, 0.1) is 11.6 Å². The minimum absolute atomic E-state index is 0.0526. The number of halogens is 5. The molecule has 1 N–H and O–H groups in total. The molecule has 0 spiro atoms. The molecule has 0 bridgehead atoms. The van der Waals surface area contributed by atoms with E-state index < -0.39 is 34.5 Å². The van der Waals surface area contributed by atoms with E-state index in [1.165, 1.54) is 0 Å². The van der Waals surface area contributed by atoms with Crippen molar-refractivity contribution in [2.75, 3.05) is 0 Å². The van der Waals surface area contributed by atoms with Crippen LogP contribution in [0.15, 0.2) is 41.3 Å². The number of fused-ring (bicyclic) bond motifs is 1. The van der Waals surface area contributed by atoms with Gasteiger partial charge in [0.15, 0.2) is 0 Å². The summed E-state index contributed by atoms with van der Waals surface area (Å²) in [6, 6.07) is 4.71. The van der Waals surface area contributed by atoms with E-state index in [4.69, 9.17) is 0 Å². The molecule has 0 aliphatic heterocycles. The van der Waals surface area contributed by atoms with Crippen molar-refractivity contribution in [3.05, 3.63) is 64.1 Å². The molecule has 3 rings (SSSR count). The van der Waals surface area contributed by atoms with Crippen LogP contribution in [0.1, 0.15) is 5.56 Å². The van der Waals surface area contributed by atoms with E-state index in [9.17, 15) is 26.7 Å². The Bertz CT molecular complexity index is 945. The summed E-state index contributed by atoms with van der Waals surface area (Å²) in [6.07, 6.45) is -4.09. The number of nitrogens with zero attached hydrogens (tertiary/aromatic N) is 1. The molecule has 3 aromatic rings. The van der Waals surface area contributed by atoms with E-state index in [1.807, 2.05) is 0 Å². The molecule has 0 aliphatic rings. The number of hydrogen-bond donors (Lipinski definition) is 1. The van der Waals surface area contributed by atoms with Gasteiger partial charge in [0, 0.05) is 17.6 Å². The predicted octanol–water partition coefficient (Wildman–Crippen LogP) is 3.89. The van der Waals surface area contributed by atoms with Gasteiger partial charge in [0.1, 0.15) is 11.6 Å². The van der Waals surface area contributed by atoms with Gasteiger partial charge in [0.2, 0.25) is 5.56 Å². The number of pyridine rings is 2. The van der Waals surface area contributed by atoms with Crippen molar-refractivity contribution in [3.63, 3.8) is 0 Å². The van der Waals surface area contributed by atoms with Crippen LogP contribution in [0.2, 0.25) is 0 Å². The van der Waals surface area contributed by atoms with Crippen LogP contribution in [0.5, 0.6) is 0 Å². The van der Waals surface area contributed by atoms with Gasteiger partial charge < -0.3 is 4.98 Å². The number of aromatic amines is 1. The number of H-pyrrole nitrogens is 1. The fourth-order valence-electron chi connectivity index (χ4n) is 2.18. The lowest BCUT2D eigenvalue weighted by molar-refractivity contribution is -0.137. The van der Waals surface area contributed by atoms with Crippen molar-refractivity contribution in [1.29, 1.82) is 0 Å². The number of benzene rings is 1. The SMILES string of the molecule is O=c1ccc2c(F)c(-c3ccc(C(F)(F)F)cn3)c(F)cc2[nH]1. The average molecular weight is 326 g/mol. The monoisotopic (exact) mass is 326 g/mol. The van der Waals surface area contributed by atoms with Gasteiger partial charge in [-0.15, -0.1) is 0 Å². The third kappa shape index (κ3) is 2.67. The van der Waals surface area contributed by atoms with Gasteiger partial charge >= 0.3 is 6.18 Å². The predicted molar refractivity (Wildman–Crippen MR) is 72.7 cm³/mol. The number of aromatic nitrogens is 2. The number of rotatable bonds is 1. The topological polar surface area (TPSA) is 45.8 Å². The summed E-state index contributed by atoms with van der Waals surface area (Å²) >= 11 is 0. The normalized spacial score (nSPS) is 11.9. The van der Waals surface area contributed by atoms with Crippen LogP contribution in [0.25, 0.3) is 22.2 Å². The van der Waals surface area contributed by atoms with E-state index >= 15 is 0 Å². The molecular weight excluding hydrogens is 319 g/mol. The van der Waals surface area contributed by atoms with Crippen molar-refractivity contribution in [2.45, 2.75) is 6.18 Å². The summed E-state index contributed by atoms with van der Waals surface area (Å²) in [4.78, 5) is 16.9. The minimum atomic E-state index is -4.59. The van der Waals surface area contributed by atoms with E-state index in [2.05, 4.69) is 9.97 Å². The Morgan fingerprint density at radius 1 is 1.04 bits per heavy atom. The van der Waals surface area contributed by atoms with Crippen LogP contribution >= 0.6 is 0 Å². The Kier molecular flexibility index (Phi) is 3.39. The molecule has 0 aliphatic carbocycles. The molecule has 8 heteroatoms. The summed E-state index contributed by atoms with van der Waals surface area (Å²) in [7, 11) is 0. The minimum Gasteiger partial charge on any atom is -0.322 e. The standard InChI is InChI=1S/C15H7F5N2O/c16-9-5-11-8(2-4-12(23)22-11)14(17)13(9)10-3-1-7(6-21-10)15(18,19)20/h1-6H,(H,22,23). The Morgan fingerprint density at radius 3 is 2.39 bits per heavy atom. The highest BCUT2D eigenvalue weighted by Gasteiger charge is 2.31. The lowest BCUT2D eigenvalue weighted by atomic mass is 10.0. The quantitative estimate of drug-likeness (QED) is 0.690. The second-order valence-electron chi connectivity index (χ2n) is 4.76. The van der Waals surface area contributed by atoms with E-state index in [0.29, 0.717) is 12.3 Å². The van der Waals surface area contributed by atoms with Crippen LogP contribution in [0.4, 0.5) is 22.0 Å². The van der Waals surface area contributed by atoms with Crippen LogP contribution in [0.3, 0.4) is 0 Å². The van der Waals surface area contributed by atoms with Gasteiger partial charge in [-0.3, -0.25) is 9.78 Å². The van der Waals surface area contributed by atoms with Crippen molar-refractivity contribution in [3.8, 4) is 11.3 Å². The maximum Gasteiger partial charge on any atom is 0.417 e. The Morgan fingerprint density at radius 2 is 1.78 bits per heavy atom. The Hall–Kier alpha value is -2.77. The maximum atomic E-state index is 14.5. The molecule has 0 radical (unpaired) electrons. The first-order valence-corrected chi connectivity index (χ1v) is 6.32. The molecule has 0 atom stereocenters. The molecule has 118 valence electrons. The van der Waals surface area contributed by atoms with Gasteiger partial charge in [-0.1, -0.05) is 0 Å². The summed E-state index contributed by atoms with van der Waals surface area (Å²) < 4.78 is 66.1. The molecule has 2 heterocycles. The highest BCUT2D eigenvalue weighted by Crippen LogP contribution is 2.32.